The van der Waals surface area contributed by atoms with Crippen LogP contribution in [0.15, 0.2) is 42.6 Å². The molecule has 0 fully saturated rings. The summed E-state index contributed by atoms with van der Waals surface area (Å²) >= 11 is 0. The van der Waals surface area contributed by atoms with E-state index in [1.54, 1.807) is 6.20 Å². The van der Waals surface area contributed by atoms with Gasteiger partial charge in [0.15, 0.2) is 0 Å². The molecule has 1 aromatic heterocycles. The Morgan fingerprint density at radius 1 is 0.742 bits per heavy atom. The van der Waals surface area contributed by atoms with E-state index in [-0.39, 0.29) is 6.61 Å². The molecule has 1 aromatic carbocycles. The third-order valence-electron chi connectivity index (χ3n) is 5.45. The second-order valence-corrected chi connectivity index (χ2v) is 8.28. The molecule has 4 heteroatoms. The lowest BCUT2D eigenvalue weighted by Crippen LogP contribution is -2.12. The molecule has 1 heterocycles. The van der Waals surface area contributed by atoms with E-state index in [2.05, 4.69) is 18.8 Å². The van der Waals surface area contributed by atoms with Crippen LogP contribution < -0.4 is 9.47 Å². The van der Waals surface area contributed by atoms with E-state index in [0.717, 1.165) is 42.9 Å². The van der Waals surface area contributed by atoms with Crippen molar-refractivity contribution < 1.29 is 13.9 Å². The monoisotopic (exact) mass is 429 g/mol. The van der Waals surface area contributed by atoms with Crippen molar-refractivity contribution in [1.82, 2.24) is 4.98 Å². The van der Waals surface area contributed by atoms with Crippen molar-refractivity contribution in [2.75, 3.05) is 13.2 Å². The second kappa shape index (κ2) is 15.7. The zero-order valence-electron chi connectivity index (χ0n) is 19.5. The van der Waals surface area contributed by atoms with Crippen LogP contribution in [0, 0.1) is 0 Å². The molecule has 172 valence electrons. The van der Waals surface area contributed by atoms with E-state index in [0.29, 0.717) is 12.2 Å². The number of halogens is 1. The van der Waals surface area contributed by atoms with E-state index in [4.69, 9.17) is 9.47 Å². The standard InChI is InChI=1S/C27H40FNO2/c1-3-5-7-9-11-13-24(28)22-31-26-18-19-27(29-21-26)23-14-16-25(17-15-23)30-20-12-10-8-6-4-2/h14-19,21,24H,3-13,20,22H2,1-2H3. The van der Waals surface area contributed by atoms with Gasteiger partial charge >= 0.3 is 0 Å². The third kappa shape index (κ3) is 10.7. The van der Waals surface area contributed by atoms with Gasteiger partial charge < -0.3 is 9.47 Å². The first-order chi connectivity index (χ1) is 15.2. The first-order valence-electron chi connectivity index (χ1n) is 12.2. The topological polar surface area (TPSA) is 31.4 Å². The number of benzene rings is 1. The number of ether oxygens (including phenoxy) is 2. The van der Waals surface area contributed by atoms with E-state index in [1.807, 2.05) is 36.4 Å². The molecule has 0 aliphatic heterocycles. The number of pyridine rings is 1. The van der Waals surface area contributed by atoms with Crippen molar-refractivity contribution in [2.45, 2.75) is 90.6 Å². The first-order valence-corrected chi connectivity index (χ1v) is 12.2. The normalized spacial score (nSPS) is 12.0. The highest BCUT2D eigenvalue weighted by atomic mass is 19.1. The molecule has 3 nitrogen and oxygen atoms in total. The third-order valence-corrected chi connectivity index (χ3v) is 5.45. The fourth-order valence-electron chi connectivity index (χ4n) is 3.49. The van der Waals surface area contributed by atoms with E-state index in [9.17, 15) is 4.39 Å². The number of hydrogen-bond acceptors (Lipinski definition) is 3. The molecule has 2 aromatic rings. The Morgan fingerprint density at radius 3 is 2.03 bits per heavy atom. The van der Waals surface area contributed by atoms with Crippen LogP contribution in [-0.2, 0) is 0 Å². The highest BCUT2D eigenvalue weighted by Crippen LogP contribution is 2.23. The van der Waals surface area contributed by atoms with Gasteiger partial charge in [0.05, 0.1) is 18.5 Å². The molecule has 1 unspecified atom stereocenters. The molecule has 0 N–H and O–H groups in total. The molecule has 0 saturated heterocycles. The smallest absolute Gasteiger partial charge is 0.137 e. The average Bonchev–Trinajstić information content (AvgIpc) is 2.80. The molecule has 0 saturated carbocycles. The predicted molar refractivity (Wildman–Crippen MR) is 128 cm³/mol. The summed E-state index contributed by atoms with van der Waals surface area (Å²) in [6.07, 6.45) is 13.2. The quantitative estimate of drug-likeness (QED) is 0.238. The Labute approximate surface area is 188 Å². The summed E-state index contributed by atoms with van der Waals surface area (Å²) in [5.74, 6) is 1.50. The van der Waals surface area contributed by atoms with Crippen LogP contribution in [0.1, 0.15) is 84.5 Å². The van der Waals surface area contributed by atoms with Crippen molar-refractivity contribution in [3.8, 4) is 22.8 Å². The molecule has 2 rings (SSSR count). The van der Waals surface area contributed by atoms with Crippen LogP contribution in [0.2, 0.25) is 0 Å². The summed E-state index contributed by atoms with van der Waals surface area (Å²) in [5.41, 5.74) is 1.89. The number of hydrogen-bond donors (Lipinski definition) is 0. The summed E-state index contributed by atoms with van der Waals surface area (Å²) in [6, 6.07) is 11.8. The summed E-state index contributed by atoms with van der Waals surface area (Å²) < 4.78 is 25.4. The molecular formula is C27H40FNO2. The molecule has 0 amide bonds. The highest BCUT2D eigenvalue weighted by Gasteiger charge is 2.08. The summed E-state index contributed by atoms with van der Waals surface area (Å²) in [7, 11) is 0. The molecule has 0 bridgehead atoms. The Balaban J connectivity index is 1.69. The lowest BCUT2D eigenvalue weighted by molar-refractivity contribution is 0.183. The summed E-state index contributed by atoms with van der Waals surface area (Å²) in [4.78, 5) is 4.47. The predicted octanol–water partition coefficient (Wildman–Crippen LogP) is 8.18. The van der Waals surface area contributed by atoms with E-state index in [1.165, 1.54) is 44.9 Å². The minimum atomic E-state index is -0.916. The number of unbranched alkanes of at least 4 members (excludes halogenated alkanes) is 8. The van der Waals surface area contributed by atoms with Crippen molar-refractivity contribution in [3.05, 3.63) is 42.6 Å². The van der Waals surface area contributed by atoms with Crippen molar-refractivity contribution in [1.29, 1.82) is 0 Å². The number of aromatic nitrogens is 1. The molecule has 0 aliphatic rings. The maximum absolute atomic E-state index is 14.0. The molecule has 0 aliphatic carbocycles. The molecule has 1 atom stereocenters. The summed E-state index contributed by atoms with van der Waals surface area (Å²) in [6.45, 7) is 5.27. The minimum absolute atomic E-state index is 0.0965. The van der Waals surface area contributed by atoms with Gasteiger partial charge in [-0.25, -0.2) is 4.39 Å². The van der Waals surface area contributed by atoms with E-state index >= 15 is 0 Å². The van der Waals surface area contributed by atoms with Gasteiger partial charge in [-0.3, -0.25) is 4.98 Å². The Hall–Kier alpha value is -2.10. The maximum Gasteiger partial charge on any atom is 0.137 e. The van der Waals surface area contributed by atoms with Crippen LogP contribution >= 0.6 is 0 Å². The van der Waals surface area contributed by atoms with Gasteiger partial charge in [-0.1, -0.05) is 71.6 Å². The van der Waals surface area contributed by atoms with Crippen molar-refractivity contribution >= 4 is 0 Å². The highest BCUT2D eigenvalue weighted by molar-refractivity contribution is 5.60. The van der Waals surface area contributed by atoms with Gasteiger partial charge in [-0.05, 0) is 49.2 Å². The zero-order chi connectivity index (χ0) is 22.2. The van der Waals surface area contributed by atoms with Crippen LogP contribution in [-0.4, -0.2) is 24.4 Å². The first kappa shape index (κ1) is 25.2. The Morgan fingerprint density at radius 2 is 1.39 bits per heavy atom. The van der Waals surface area contributed by atoms with Crippen molar-refractivity contribution in [2.24, 2.45) is 0 Å². The molecule has 0 spiro atoms. The van der Waals surface area contributed by atoms with Gasteiger partial charge in [0.25, 0.3) is 0 Å². The van der Waals surface area contributed by atoms with Gasteiger partial charge in [0.2, 0.25) is 0 Å². The fraction of sp³-hybridized carbons (Fsp3) is 0.593. The minimum Gasteiger partial charge on any atom is -0.494 e. The van der Waals surface area contributed by atoms with Crippen LogP contribution in [0.4, 0.5) is 4.39 Å². The average molecular weight is 430 g/mol. The van der Waals surface area contributed by atoms with E-state index < -0.39 is 6.17 Å². The van der Waals surface area contributed by atoms with Crippen LogP contribution in [0.25, 0.3) is 11.3 Å². The van der Waals surface area contributed by atoms with Gasteiger partial charge in [-0.2, -0.15) is 0 Å². The lowest BCUT2D eigenvalue weighted by atomic mass is 10.1. The largest absolute Gasteiger partial charge is 0.494 e. The molecular weight excluding hydrogens is 389 g/mol. The van der Waals surface area contributed by atoms with Crippen molar-refractivity contribution in [3.63, 3.8) is 0 Å². The Kier molecular flexibility index (Phi) is 12.7. The fourth-order valence-corrected chi connectivity index (χ4v) is 3.49. The Bertz CT molecular complexity index is 687. The van der Waals surface area contributed by atoms with Crippen LogP contribution in [0.5, 0.6) is 11.5 Å². The number of rotatable bonds is 17. The van der Waals surface area contributed by atoms with Gasteiger partial charge in [0, 0.05) is 5.56 Å². The van der Waals surface area contributed by atoms with Gasteiger partial charge in [0.1, 0.15) is 24.3 Å². The second-order valence-electron chi connectivity index (χ2n) is 8.28. The number of nitrogens with zero attached hydrogens (tertiary/aromatic N) is 1. The molecule has 0 radical (unpaired) electrons. The summed E-state index contributed by atoms with van der Waals surface area (Å²) in [5, 5.41) is 0. The zero-order valence-corrected chi connectivity index (χ0v) is 19.5. The molecule has 31 heavy (non-hydrogen) atoms. The lowest BCUT2D eigenvalue weighted by Gasteiger charge is -2.11. The number of alkyl halides is 1. The SMILES string of the molecule is CCCCCCCOc1ccc(-c2ccc(OCC(F)CCCCCCC)cn2)cc1. The van der Waals surface area contributed by atoms with Gasteiger partial charge in [-0.15, -0.1) is 0 Å². The maximum atomic E-state index is 14.0. The van der Waals surface area contributed by atoms with Crippen LogP contribution in [0.3, 0.4) is 0 Å².